The molecule has 2 amide bonds. The topological polar surface area (TPSA) is 228 Å². The van der Waals surface area contributed by atoms with E-state index in [1.165, 1.54) is 26.8 Å². The highest BCUT2D eigenvalue weighted by atomic mass is 16.5. The Labute approximate surface area is 256 Å². The predicted molar refractivity (Wildman–Crippen MR) is 150 cm³/mol. The van der Waals surface area contributed by atoms with Crippen LogP contribution in [0.5, 0.6) is 5.75 Å². The van der Waals surface area contributed by atoms with E-state index >= 15 is 0 Å². The van der Waals surface area contributed by atoms with Crippen LogP contribution in [-0.2, 0) is 54.9 Å². The Morgan fingerprint density at radius 2 is 1.18 bits per heavy atom. The van der Waals surface area contributed by atoms with Gasteiger partial charge in [-0.1, -0.05) is 6.07 Å². The number of carbonyl (C=O) groups is 6. The number of nitrogens with zero attached hydrogens (tertiary/aromatic N) is 5. The molecule has 1 fully saturated rings. The summed E-state index contributed by atoms with van der Waals surface area (Å²) in [6.45, 7) is -0.205. The van der Waals surface area contributed by atoms with E-state index in [1.54, 1.807) is 18.2 Å². The second-order valence-electron chi connectivity index (χ2n) is 10.8. The Morgan fingerprint density at radius 1 is 0.733 bits per heavy atom. The number of rotatable bonds is 13. The van der Waals surface area contributed by atoms with Crippen LogP contribution in [0.3, 0.4) is 0 Å². The summed E-state index contributed by atoms with van der Waals surface area (Å²) >= 11 is 0. The van der Waals surface area contributed by atoms with Gasteiger partial charge in [0.1, 0.15) is 17.8 Å². The van der Waals surface area contributed by atoms with Crippen molar-refractivity contribution >= 4 is 35.7 Å². The number of likely N-dealkylation sites (tertiary alicyclic amines) is 1. The minimum atomic E-state index is -1.44. The molecule has 1 saturated heterocycles. The Kier molecular flexibility index (Phi) is 10.7. The molecule has 0 saturated carbocycles. The molecule has 0 radical (unpaired) electrons. The molecular formula is C29H33N5O11. The molecule has 4 heterocycles. The number of pyridine rings is 2. The van der Waals surface area contributed by atoms with Gasteiger partial charge in [-0.2, -0.15) is 0 Å². The van der Waals surface area contributed by atoms with Crippen molar-refractivity contribution in [2.75, 3.05) is 13.2 Å². The fourth-order valence-electron chi connectivity index (χ4n) is 5.32. The maximum absolute atomic E-state index is 12.2. The fourth-order valence-corrected chi connectivity index (χ4v) is 5.32. The number of ether oxygens (including phenoxy) is 1. The summed E-state index contributed by atoms with van der Waals surface area (Å²) in [5, 5.41) is 38.7. The van der Waals surface area contributed by atoms with Gasteiger partial charge < -0.3 is 25.2 Å². The molecule has 45 heavy (non-hydrogen) atoms. The molecule has 4 rings (SSSR count). The van der Waals surface area contributed by atoms with Crippen LogP contribution in [-0.4, -0.2) is 106 Å². The van der Waals surface area contributed by atoms with Crippen molar-refractivity contribution in [3.63, 3.8) is 0 Å². The van der Waals surface area contributed by atoms with Gasteiger partial charge >= 0.3 is 23.9 Å². The van der Waals surface area contributed by atoms with E-state index in [9.17, 15) is 49.2 Å². The monoisotopic (exact) mass is 627 g/mol. The van der Waals surface area contributed by atoms with Gasteiger partial charge in [-0.3, -0.25) is 53.4 Å². The van der Waals surface area contributed by atoms with E-state index in [2.05, 4.69) is 9.97 Å². The van der Waals surface area contributed by atoms with Gasteiger partial charge in [-0.05, 0) is 18.6 Å². The zero-order valence-electron chi connectivity index (χ0n) is 24.2. The number of fused-ring (bicyclic) bond motifs is 4. The third kappa shape index (κ3) is 9.02. The lowest BCUT2D eigenvalue weighted by molar-refractivity contribution is -0.150. The van der Waals surface area contributed by atoms with Crippen molar-refractivity contribution < 1.29 is 53.9 Å². The minimum Gasteiger partial charge on any atom is -0.493 e. The second kappa shape index (κ2) is 14.7. The van der Waals surface area contributed by atoms with Crippen LogP contribution in [0.1, 0.15) is 54.9 Å². The quantitative estimate of drug-likeness (QED) is 0.176. The Hall–Kier alpha value is -4.96. The predicted octanol–water partition coefficient (Wildman–Crippen LogP) is 0.568. The van der Waals surface area contributed by atoms with Crippen LogP contribution < -0.4 is 4.74 Å². The van der Waals surface area contributed by atoms with Gasteiger partial charge in [0, 0.05) is 57.7 Å². The summed E-state index contributed by atoms with van der Waals surface area (Å²) in [4.78, 5) is 84.5. The number of carboxylic acids is 4. The van der Waals surface area contributed by atoms with Gasteiger partial charge in [-0.25, -0.2) is 0 Å². The number of imide groups is 1. The normalized spacial score (nSPS) is 17.2. The van der Waals surface area contributed by atoms with Gasteiger partial charge in [-0.15, -0.1) is 0 Å². The molecule has 0 aromatic carbocycles. The smallest absolute Gasteiger partial charge is 0.321 e. The molecule has 4 N–H and O–H groups in total. The highest BCUT2D eigenvalue weighted by molar-refractivity contribution is 6.01. The molecule has 2 atom stereocenters. The Morgan fingerprint density at radius 3 is 1.62 bits per heavy atom. The molecule has 16 heteroatoms. The summed E-state index contributed by atoms with van der Waals surface area (Å²) in [5.41, 5.74) is 1.33. The first-order valence-corrected chi connectivity index (χ1v) is 14.2. The van der Waals surface area contributed by atoms with Crippen LogP contribution >= 0.6 is 0 Å². The summed E-state index contributed by atoms with van der Waals surface area (Å²) in [5.74, 6) is -5.57. The zero-order valence-corrected chi connectivity index (χ0v) is 24.2. The molecular weight excluding hydrogens is 594 g/mol. The average molecular weight is 628 g/mol. The highest BCUT2D eigenvalue weighted by Gasteiger charge is 2.32. The van der Waals surface area contributed by atoms with Crippen LogP contribution in [0, 0.1) is 0 Å². The molecule has 2 aromatic heterocycles. The second-order valence-corrected chi connectivity index (χ2v) is 10.8. The van der Waals surface area contributed by atoms with E-state index in [1.807, 2.05) is 0 Å². The van der Waals surface area contributed by atoms with E-state index in [4.69, 9.17) is 4.74 Å². The summed E-state index contributed by atoms with van der Waals surface area (Å²) in [6.07, 6.45) is -0.740. The summed E-state index contributed by atoms with van der Waals surface area (Å²) in [6, 6.07) is 5.07. The molecule has 16 nitrogen and oxygen atoms in total. The summed E-state index contributed by atoms with van der Waals surface area (Å²) in [7, 11) is 0. The maximum Gasteiger partial charge on any atom is 0.321 e. The van der Waals surface area contributed by atoms with E-state index in [0.29, 0.717) is 17.8 Å². The van der Waals surface area contributed by atoms with Crippen LogP contribution in [0.25, 0.3) is 0 Å². The number of carboxylic acid groups (broad SMARTS) is 4. The molecule has 240 valence electrons. The first-order valence-electron chi connectivity index (χ1n) is 14.2. The lowest BCUT2D eigenvalue weighted by Crippen LogP contribution is -2.43. The highest BCUT2D eigenvalue weighted by Crippen LogP contribution is 2.24. The first kappa shape index (κ1) is 32.9. The number of aliphatic carboxylic acids is 4. The molecule has 2 aromatic rings. The average Bonchev–Trinajstić information content (AvgIpc) is 3.27. The van der Waals surface area contributed by atoms with Crippen LogP contribution in [0.4, 0.5) is 0 Å². The Bertz CT molecular complexity index is 1390. The maximum atomic E-state index is 12.2. The number of amides is 2. The molecule has 2 unspecified atom stereocenters. The van der Waals surface area contributed by atoms with Crippen molar-refractivity contribution in [1.29, 1.82) is 0 Å². The van der Waals surface area contributed by atoms with Gasteiger partial charge in [0.25, 0.3) is 0 Å². The van der Waals surface area contributed by atoms with Crippen molar-refractivity contribution in [3.8, 4) is 5.75 Å². The van der Waals surface area contributed by atoms with Crippen LogP contribution in [0.15, 0.2) is 30.3 Å². The largest absolute Gasteiger partial charge is 0.493 e. The number of hydrogen-bond acceptors (Lipinski definition) is 11. The van der Waals surface area contributed by atoms with Gasteiger partial charge in [0.05, 0.1) is 42.2 Å². The summed E-state index contributed by atoms with van der Waals surface area (Å²) < 4.78 is 5.91. The molecule has 4 bridgehead atoms. The number of aromatic nitrogens is 2. The lowest BCUT2D eigenvalue weighted by Gasteiger charge is -2.30. The molecule has 0 aliphatic carbocycles. The standard InChI is InChI=1S/C29H33N5O11/c35-24-5-6-25(36)34(24)7-2-8-45-21-9-19-15-32(22(28(41)42)11-26(37)38)13-17-3-1-4-18(30-17)14-33(16-20(10-21)31-19)23(29(43)44)12-27(39)40/h1,3-4,9-10,22-23H,2,5-8,11-16H2,(H,37,38)(H,39,40)(H,41,42)(H,43,44). The molecule has 2 aliphatic rings. The molecule has 2 aliphatic heterocycles. The minimum absolute atomic E-state index is 0.0877. The van der Waals surface area contributed by atoms with Crippen molar-refractivity contribution in [2.24, 2.45) is 0 Å². The third-order valence-corrected chi connectivity index (χ3v) is 7.37. The molecule has 0 spiro atoms. The van der Waals surface area contributed by atoms with Crippen LogP contribution in [0.2, 0.25) is 0 Å². The first-order chi connectivity index (χ1) is 21.4. The van der Waals surface area contributed by atoms with Crippen molar-refractivity contribution in [3.05, 3.63) is 53.1 Å². The zero-order chi connectivity index (χ0) is 32.7. The van der Waals surface area contributed by atoms with Crippen molar-refractivity contribution in [2.45, 2.75) is 70.4 Å². The number of carbonyl (C=O) groups excluding carboxylic acids is 2. The van der Waals surface area contributed by atoms with Gasteiger partial charge in [0.15, 0.2) is 0 Å². The Balaban J connectivity index is 1.69. The fraction of sp³-hybridized carbons (Fsp3) is 0.448. The van der Waals surface area contributed by atoms with Gasteiger partial charge in [0.2, 0.25) is 11.8 Å². The number of hydrogen-bond donors (Lipinski definition) is 4. The van der Waals surface area contributed by atoms with E-state index in [-0.39, 0.29) is 81.1 Å². The van der Waals surface area contributed by atoms with Crippen molar-refractivity contribution in [1.82, 2.24) is 24.7 Å². The van der Waals surface area contributed by atoms with E-state index < -0.39 is 48.8 Å². The lowest BCUT2D eigenvalue weighted by atomic mass is 10.1. The third-order valence-electron chi connectivity index (χ3n) is 7.37. The van der Waals surface area contributed by atoms with E-state index in [0.717, 1.165) is 0 Å². The SMILES string of the molecule is O=C(O)CC(C(=O)O)N1Cc2cccc(n2)CN(C(CC(=O)O)C(=O)O)Cc2cc(OCCCN3C(=O)CCC3=O)cc(n2)C1.